The number of rotatable bonds is 6. The Morgan fingerprint density at radius 2 is 2.00 bits per heavy atom. The number of hydrogen-bond donors (Lipinski definition) is 1. The summed E-state index contributed by atoms with van der Waals surface area (Å²) in [5, 5.41) is 7.38. The van der Waals surface area contributed by atoms with Gasteiger partial charge in [0.25, 0.3) is 0 Å². The first kappa shape index (κ1) is 21.9. The lowest BCUT2D eigenvalue weighted by Gasteiger charge is -2.21. The average Bonchev–Trinajstić information content (AvgIpc) is 3.29. The van der Waals surface area contributed by atoms with E-state index in [0.717, 1.165) is 29.7 Å². The number of nitrogens with one attached hydrogen (secondary N) is 1. The molecule has 0 bridgehead atoms. The Bertz CT molecular complexity index is 901. The van der Waals surface area contributed by atoms with Crippen LogP contribution in [-0.4, -0.2) is 44.2 Å². The van der Waals surface area contributed by atoms with Crippen LogP contribution in [0.4, 0.5) is 0 Å². The minimum Gasteiger partial charge on any atom is -0.439 e. The molecule has 0 saturated carbocycles. The molecule has 8 nitrogen and oxygen atoms in total. The second kappa shape index (κ2) is 10.2. The highest BCUT2D eigenvalue weighted by Crippen LogP contribution is 2.21. The third kappa shape index (κ3) is 5.54. The number of guanidine groups is 1. The lowest BCUT2D eigenvalue weighted by Crippen LogP contribution is -2.39. The minimum atomic E-state index is 0. The zero-order valence-corrected chi connectivity index (χ0v) is 18.9. The van der Waals surface area contributed by atoms with E-state index in [-0.39, 0.29) is 24.0 Å². The first-order chi connectivity index (χ1) is 13.1. The van der Waals surface area contributed by atoms with Gasteiger partial charge in [0.15, 0.2) is 11.7 Å². The molecule has 0 unspecified atom stereocenters. The van der Waals surface area contributed by atoms with Crippen molar-refractivity contribution in [3.63, 3.8) is 0 Å². The van der Waals surface area contributed by atoms with Crippen LogP contribution in [0.3, 0.4) is 0 Å². The van der Waals surface area contributed by atoms with Gasteiger partial charge in [-0.2, -0.15) is 5.10 Å². The molecule has 0 aliphatic heterocycles. The molecule has 0 radical (unpaired) electrons. The van der Waals surface area contributed by atoms with Gasteiger partial charge in [0, 0.05) is 26.2 Å². The smallest absolute Gasteiger partial charge is 0.216 e. The molecule has 28 heavy (non-hydrogen) atoms. The molecule has 2 heterocycles. The van der Waals surface area contributed by atoms with E-state index >= 15 is 0 Å². The number of oxazole rings is 1. The maximum Gasteiger partial charge on any atom is 0.216 e. The van der Waals surface area contributed by atoms with E-state index < -0.39 is 0 Å². The third-order valence-corrected chi connectivity index (χ3v) is 4.13. The molecule has 0 amide bonds. The van der Waals surface area contributed by atoms with E-state index in [1.807, 2.05) is 38.1 Å². The highest BCUT2D eigenvalue weighted by molar-refractivity contribution is 14.0. The lowest BCUT2D eigenvalue weighted by atomic mass is 10.1. The minimum absolute atomic E-state index is 0. The Morgan fingerprint density at radius 3 is 2.64 bits per heavy atom. The van der Waals surface area contributed by atoms with E-state index in [1.165, 1.54) is 5.56 Å². The lowest BCUT2D eigenvalue weighted by molar-refractivity contribution is 0.445. The van der Waals surface area contributed by atoms with Gasteiger partial charge in [0.1, 0.15) is 18.7 Å². The van der Waals surface area contributed by atoms with E-state index in [9.17, 15) is 0 Å². The molecule has 1 aromatic carbocycles. The summed E-state index contributed by atoms with van der Waals surface area (Å²) in [6, 6.07) is 8.17. The van der Waals surface area contributed by atoms with Crippen LogP contribution in [0.5, 0.6) is 0 Å². The molecule has 3 rings (SSSR count). The molecular formula is C19H26IN7O. The summed E-state index contributed by atoms with van der Waals surface area (Å²) in [6.45, 7) is 5.82. The number of aliphatic imine (C=N–C) groups is 1. The van der Waals surface area contributed by atoms with Crippen molar-refractivity contribution < 1.29 is 4.42 Å². The van der Waals surface area contributed by atoms with Crippen LogP contribution in [0.25, 0.3) is 11.3 Å². The standard InChI is InChI=1S/C19H25N7O.HI/c1-5-20-19(25(3)12-17-23-13-24-26(17)4)22-11-18-21-10-16(27-18)15-8-6-14(2)7-9-15;/h6-10,13H,5,11-12H2,1-4H3,(H,20,22);1H. The fraction of sp³-hybridized carbons (Fsp3) is 0.368. The first-order valence-electron chi connectivity index (χ1n) is 8.91. The van der Waals surface area contributed by atoms with Crippen molar-refractivity contribution in [2.45, 2.75) is 26.9 Å². The maximum absolute atomic E-state index is 5.85. The molecule has 150 valence electrons. The molecule has 2 aromatic heterocycles. The number of hydrogen-bond acceptors (Lipinski definition) is 5. The molecule has 0 fully saturated rings. The second-order valence-corrected chi connectivity index (χ2v) is 6.31. The van der Waals surface area contributed by atoms with E-state index in [4.69, 9.17) is 4.42 Å². The Morgan fingerprint density at radius 1 is 1.25 bits per heavy atom. The summed E-state index contributed by atoms with van der Waals surface area (Å²) >= 11 is 0. The van der Waals surface area contributed by atoms with Crippen LogP contribution in [0, 0.1) is 6.92 Å². The average molecular weight is 495 g/mol. The van der Waals surface area contributed by atoms with Crippen molar-refractivity contribution in [1.82, 2.24) is 30.0 Å². The topological polar surface area (TPSA) is 84.4 Å². The van der Waals surface area contributed by atoms with Crippen molar-refractivity contribution in [3.8, 4) is 11.3 Å². The zero-order chi connectivity index (χ0) is 19.2. The Hall–Kier alpha value is -2.43. The van der Waals surface area contributed by atoms with Crippen molar-refractivity contribution >= 4 is 29.9 Å². The van der Waals surface area contributed by atoms with Crippen LogP contribution in [0.15, 0.2) is 46.2 Å². The van der Waals surface area contributed by atoms with Gasteiger partial charge in [-0.3, -0.25) is 4.68 Å². The maximum atomic E-state index is 5.85. The Balaban J connectivity index is 0.00000280. The number of halogens is 1. The van der Waals surface area contributed by atoms with Crippen molar-refractivity contribution in [1.29, 1.82) is 0 Å². The first-order valence-corrected chi connectivity index (χ1v) is 8.91. The van der Waals surface area contributed by atoms with Crippen LogP contribution in [0.1, 0.15) is 24.2 Å². The zero-order valence-electron chi connectivity index (χ0n) is 16.6. The van der Waals surface area contributed by atoms with Gasteiger partial charge in [0.2, 0.25) is 5.89 Å². The molecular weight excluding hydrogens is 469 g/mol. The van der Waals surface area contributed by atoms with Crippen LogP contribution in [-0.2, 0) is 20.1 Å². The molecule has 0 spiro atoms. The number of aryl methyl sites for hydroxylation is 2. The number of nitrogens with zero attached hydrogens (tertiary/aromatic N) is 6. The van der Waals surface area contributed by atoms with Gasteiger partial charge in [-0.05, 0) is 13.8 Å². The largest absolute Gasteiger partial charge is 0.439 e. The summed E-state index contributed by atoms with van der Waals surface area (Å²) in [4.78, 5) is 15.2. The Labute approximate surface area is 182 Å². The van der Waals surface area contributed by atoms with Crippen LogP contribution in [0.2, 0.25) is 0 Å². The van der Waals surface area contributed by atoms with Gasteiger partial charge in [-0.15, -0.1) is 24.0 Å². The Kier molecular flexibility index (Phi) is 7.97. The fourth-order valence-electron chi connectivity index (χ4n) is 2.60. The summed E-state index contributed by atoms with van der Waals surface area (Å²) in [5.74, 6) is 2.95. The van der Waals surface area contributed by atoms with Gasteiger partial charge in [0.05, 0.1) is 12.7 Å². The predicted molar refractivity (Wildman–Crippen MR) is 119 cm³/mol. The van der Waals surface area contributed by atoms with Gasteiger partial charge in [-0.1, -0.05) is 29.8 Å². The summed E-state index contributed by atoms with van der Waals surface area (Å²) in [5.41, 5.74) is 2.22. The van der Waals surface area contributed by atoms with Crippen LogP contribution >= 0.6 is 24.0 Å². The molecule has 0 atom stereocenters. The summed E-state index contributed by atoms with van der Waals surface area (Å²) in [6.07, 6.45) is 3.29. The second-order valence-electron chi connectivity index (χ2n) is 6.31. The predicted octanol–water partition coefficient (Wildman–Crippen LogP) is 2.99. The van der Waals surface area contributed by atoms with Gasteiger partial charge in [-0.25, -0.2) is 15.0 Å². The van der Waals surface area contributed by atoms with Crippen molar-refractivity contribution in [3.05, 3.63) is 54.1 Å². The van der Waals surface area contributed by atoms with E-state index in [2.05, 4.69) is 44.4 Å². The highest BCUT2D eigenvalue weighted by atomic mass is 127. The number of aromatic nitrogens is 4. The monoisotopic (exact) mass is 495 g/mol. The molecule has 0 aliphatic carbocycles. The third-order valence-electron chi connectivity index (χ3n) is 4.13. The van der Waals surface area contributed by atoms with Gasteiger partial charge < -0.3 is 14.6 Å². The summed E-state index contributed by atoms with van der Waals surface area (Å²) < 4.78 is 7.60. The highest BCUT2D eigenvalue weighted by Gasteiger charge is 2.11. The SMILES string of the molecule is CCNC(=NCc1ncc(-c2ccc(C)cc2)o1)N(C)Cc1ncnn1C.I. The van der Waals surface area contributed by atoms with Crippen molar-refractivity contribution in [2.75, 3.05) is 13.6 Å². The number of benzene rings is 1. The van der Waals surface area contributed by atoms with Crippen molar-refractivity contribution in [2.24, 2.45) is 12.0 Å². The van der Waals surface area contributed by atoms with Crippen LogP contribution < -0.4 is 5.32 Å². The molecule has 9 heteroatoms. The molecule has 3 aromatic rings. The quantitative estimate of drug-likeness (QED) is 0.322. The molecule has 0 aliphatic rings. The summed E-state index contributed by atoms with van der Waals surface area (Å²) in [7, 11) is 3.84. The normalized spacial score (nSPS) is 11.2. The van der Waals surface area contributed by atoms with E-state index in [1.54, 1.807) is 17.2 Å². The fourth-order valence-corrected chi connectivity index (χ4v) is 2.60. The molecule has 1 N–H and O–H groups in total. The van der Waals surface area contributed by atoms with Gasteiger partial charge >= 0.3 is 0 Å². The van der Waals surface area contributed by atoms with E-state index in [0.29, 0.717) is 19.0 Å². The molecule has 0 saturated heterocycles.